The topological polar surface area (TPSA) is 49.4 Å². The summed E-state index contributed by atoms with van der Waals surface area (Å²) in [5, 5.41) is 3.45. The fraction of sp³-hybridized carbons (Fsp3) is 0.0588. The van der Waals surface area contributed by atoms with Crippen molar-refractivity contribution in [3.8, 4) is 0 Å². The normalized spacial score (nSPS) is 14.6. The van der Waals surface area contributed by atoms with Gasteiger partial charge in [0, 0.05) is 15.7 Å². The fourth-order valence-corrected chi connectivity index (χ4v) is 3.12. The average Bonchev–Trinajstić information content (AvgIpc) is 2.70. The molecule has 0 aliphatic carbocycles. The lowest BCUT2D eigenvalue weighted by atomic mass is 10.2. The van der Waals surface area contributed by atoms with E-state index in [1.165, 1.54) is 0 Å². The molecule has 1 aliphatic heterocycles. The number of hydrogen-bond donors (Lipinski definition) is 1. The van der Waals surface area contributed by atoms with Crippen molar-refractivity contribution in [3.63, 3.8) is 0 Å². The molecule has 4 nitrogen and oxygen atoms in total. The Balaban J connectivity index is 1.94. The number of benzene rings is 2. The van der Waals surface area contributed by atoms with Gasteiger partial charge in [0.2, 0.25) is 0 Å². The lowest BCUT2D eigenvalue weighted by Gasteiger charge is -2.15. The van der Waals surface area contributed by atoms with Crippen LogP contribution in [0.2, 0.25) is 10.0 Å². The van der Waals surface area contributed by atoms with Gasteiger partial charge in [0.25, 0.3) is 11.8 Å². The standard InChI is InChI=1S/C17H11Cl3N2O2/c1-9-3-2-4-13(5-9)22-16(23)14(20)15(17(22)24)21-12-7-10(18)6-11(19)8-12/h2-8,21H,1H3. The molecule has 0 spiro atoms. The third-order valence-corrected chi connectivity index (χ3v) is 4.21. The molecule has 2 aromatic rings. The van der Waals surface area contributed by atoms with Gasteiger partial charge in [-0.3, -0.25) is 9.59 Å². The second-order valence-electron chi connectivity index (χ2n) is 5.26. The first-order valence-electron chi connectivity index (χ1n) is 6.95. The van der Waals surface area contributed by atoms with E-state index in [-0.39, 0.29) is 10.7 Å². The van der Waals surface area contributed by atoms with E-state index in [4.69, 9.17) is 34.8 Å². The summed E-state index contributed by atoms with van der Waals surface area (Å²) in [6.45, 7) is 1.87. The van der Waals surface area contributed by atoms with Crippen LogP contribution in [0.4, 0.5) is 11.4 Å². The number of amides is 2. The molecule has 2 amide bonds. The summed E-state index contributed by atoms with van der Waals surface area (Å²) >= 11 is 18.0. The molecule has 0 unspecified atom stereocenters. The monoisotopic (exact) mass is 380 g/mol. The van der Waals surface area contributed by atoms with Gasteiger partial charge in [-0.05, 0) is 42.8 Å². The van der Waals surface area contributed by atoms with Gasteiger partial charge in [-0.15, -0.1) is 0 Å². The minimum atomic E-state index is -0.581. The van der Waals surface area contributed by atoms with Crippen LogP contribution in [0.15, 0.2) is 53.2 Å². The number of carbonyl (C=O) groups excluding carboxylic acids is 2. The van der Waals surface area contributed by atoms with E-state index >= 15 is 0 Å². The van der Waals surface area contributed by atoms with Crippen LogP contribution < -0.4 is 10.2 Å². The third kappa shape index (κ3) is 3.13. The summed E-state index contributed by atoms with van der Waals surface area (Å²) in [5.74, 6) is -1.12. The molecule has 2 aromatic carbocycles. The molecule has 0 bridgehead atoms. The molecule has 0 radical (unpaired) electrons. The Bertz CT molecular complexity index is 873. The van der Waals surface area contributed by atoms with Crippen molar-refractivity contribution in [1.82, 2.24) is 0 Å². The van der Waals surface area contributed by atoms with E-state index in [9.17, 15) is 9.59 Å². The van der Waals surface area contributed by atoms with E-state index in [0.29, 0.717) is 21.4 Å². The molecule has 3 rings (SSSR count). The first-order valence-corrected chi connectivity index (χ1v) is 8.08. The molecule has 24 heavy (non-hydrogen) atoms. The molecule has 1 heterocycles. The van der Waals surface area contributed by atoms with Gasteiger partial charge in [-0.25, -0.2) is 4.90 Å². The van der Waals surface area contributed by atoms with E-state index in [0.717, 1.165) is 10.5 Å². The highest BCUT2D eigenvalue weighted by Crippen LogP contribution is 2.31. The van der Waals surface area contributed by atoms with Gasteiger partial charge in [-0.1, -0.05) is 46.9 Å². The number of hydrogen-bond acceptors (Lipinski definition) is 3. The summed E-state index contributed by atoms with van der Waals surface area (Å²) in [6, 6.07) is 11.8. The van der Waals surface area contributed by atoms with E-state index in [1.807, 2.05) is 13.0 Å². The van der Waals surface area contributed by atoms with E-state index in [2.05, 4.69) is 5.32 Å². The molecule has 1 N–H and O–H groups in total. The highest BCUT2D eigenvalue weighted by Gasteiger charge is 2.39. The molecule has 122 valence electrons. The van der Waals surface area contributed by atoms with Crippen molar-refractivity contribution in [3.05, 3.63) is 68.8 Å². The number of nitrogens with one attached hydrogen (secondary N) is 1. The van der Waals surface area contributed by atoms with Crippen molar-refractivity contribution < 1.29 is 9.59 Å². The first-order chi connectivity index (χ1) is 11.4. The SMILES string of the molecule is Cc1cccc(N2C(=O)C(Cl)=C(Nc3cc(Cl)cc(Cl)c3)C2=O)c1. The van der Waals surface area contributed by atoms with Gasteiger partial charge in [-0.2, -0.15) is 0 Å². The number of anilines is 2. The fourth-order valence-electron chi connectivity index (χ4n) is 2.38. The number of aryl methyl sites for hydroxylation is 1. The molecular weight excluding hydrogens is 371 g/mol. The van der Waals surface area contributed by atoms with Crippen molar-refractivity contribution in [2.75, 3.05) is 10.2 Å². The zero-order chi connectivity index (χ0) is 17.4. The maximum atomic E-state index is 12.6. The predicted molar refractivity (Wildman–Crippen MR) is 96.6 cm³/mol. The van der Waals surface area contributed by atoms with Crippen LogP contribution in [0.5, 0.6) is 0 Å². The Hall–Kier alpha value is -2.01. The minimum Gasteiger partial charge on any atom is -0.350 e. The molecule has 0 saturated carbocycles. The third-order valence-electron chi connectivity index (χ3n) is 3.42. The number of imide groups is 1. The Kier molecular flexibility index (Phi) is 4.54. The van der Waals surface area contributed by atoms with Crippen LogP contribution in [0, 0.1) is 6.92 Å². The zero-order valence-corrected chi connectivity index (χ0v) is 14.7. The Labute approximate surface area is 153 Å². The highest BCUT2D eigenvalue weighted by molar-refractivity contribution is 6.53. The van der Waals surface area contributed by atoms with E-state index < -0.39 is 11.8 Å². The van der Waals surface area contributed by atoms with Crippen LogP contribution in [0.25, 0.3) is 0 Å². The van der Waals surface area contributed by atoms with Gasteiger partial charge in [0.15, 0.2) is 0 Å². The average molecular weight is 382 g/mol. The maximum absolute atomic E-state index is 12.6. The quantitative estimate of drug-likeness (QED) is 0.781. The number of nitrogens with zero attached hydrogens (tertiary/aromatic N) is 1. The summed E-state index contributed by atoms with van der Waals surface area (Å²) in [4.78, 5) is 26.1. The lowest BCUT2D eigenvalue weighted by molar-refractivity contribution is -0.120. The second kappa shape index (κ2) is 6.48. The Morgan fingerprint density at radius 3 is 2.21 bits per heavy atom. The van der Waals surface area contributed by atoms with Gasteiger partial charge >= 0.3 is 0 Å². The van der Waals surface area contributed by atoms with Crippen LogP contribution >= 0.6 is 34.8 Å². The molecule has 0 atom stereocenters. The molecule has 1 aliphatic rings. The van der Waals surface area contributed by atoms with Crippen molar-refractivity contribution in [1.29, 1.82) is 0 Å². The summed E-state index contributed by atoms with van der Waals surface area (Å²) in [6.07, 6.45) is 0. The second-order valence-corrected chi connectivity index (χ2v) is 6.51. The van der Waals surface area contributed by atoms with Crippen molar-refractivity contribution in [2.24, 2.45) is 0 Å². The first kappa shape index (κ1) is 16.8. The van der Waals surface area contributed by atoms with Gasteiger partial charge < -0.3 is 5.32 Å². The number of halogens is 3. The predicted octanol–water partition coefficient (Wildman–Crippen LogP) is 4.74. The van der Waals surface area contributed by atoms with Crippen molar-refractivity contribution >= 4 is 58.0 Å². The number of carbonyl (C=O) groups is 2. The minimum absolute atomic E-state index is 0.0125. The molecule has 0 saturated heterocycles. The van der Waals surface area contributed by atoms with Gasteiger partial charge in [0.1, 0.15) is 10.7 Å². The van der Waals surface area contributed by atoms with Gasteiger partial charge in [0.05, 0.1) is 5.69 Å². The van der Waals surface area contributed by atoms with E-state index in [1.54, 1.807) is 36.4 Å². The Morgan fingerprint density at radius 2 is 1.58 bits per heavy atom. The number of rotatable bonds is 3. The van der Waals surface area contributed by atoms with Crippen LogP contribution in [-0.2, 0) is 9.59 Å². The molecule has 0 aromatic heterocycles. The maximum Gasteiger partial charge on any atom is 0.283 e. The summed E-state index contributed by atoms with van der Waals surface area (Å²) in [5.41, 5.74) is 1.84. The van der Waals surface area contributed by atoms with Crippen LogP contribution in [0.1, 0.15) is 5.56 Å². The molecule has 7 heteroatoms. The smallest absolute Gasteiger partial charge is 0.283 e. The molecular formula is C17H11Cl3N2O2. The largest absolute Gasteiger partial charge is 0.350 e. The Morgan fingerprint density at radius 1 is 0.917 bits per heavy atom. The zero-order valence-electron chi connectivity index (χ0n) is 12.4. The molecule has 0 fully saturated rings. The van der Waals surface area contributed by atoms with Crippen molar-refractivity contribution in [2.45, 2.75) is 6.92 Å². The highest BCUT2D eigenvalue weighted by atomic mass is 35.5. The summed E-state index contributed by atoms with van der Waals surface area (Å²) < 4.78 is 0. The summed E-state index contributed by atoms with van der Waals surface area (Å²) in [7, 11) is 0. The van der Waals surface area contributed by atoms with Crippen LogP contribution in [-0.4, -0.2) is 11.8 Å². The van der Waals surface area contributed by atoms with Crippen LogP contribution in [0.3, 0.4) is 0 Å². The lowest BCUT2D eigenvalue weighted by Crippen LogP contribution is -2.32.